The van der Waals surface area contributed by atoms with Gasteiger partial charge in [0.05, 0.1) is 0 Å². The van der Waals surface area contributed by atoms with Crippen LogP contribution in [0.1, 0.15) is 5.56 Å². The van der Waals surface area contributed by atoms with Crippen molar-refractivity contribution in [1.29, 1.82) is 0 Å². The Kier molecular flexibility index (Phi) is 2.80. The van der Waals surface area contributed by atoms with Gasteiger partial charge in [0.2, 0.25) is 0 Å². The van der Waals surface area contributed by atoms with Crippen LogP contribution in [0.5, 0.6) is 0 Å². The topological polar surface area (TPSA) is 44.9 Å². The molecular weight excluding hydrogens is 236 g/mol. The second-order valence-electron chi connectivity index (χ2n) is 4.54. The second-order valence-corrected chi connectivity index (χ2v) is 4.54. The van der Waals surface area contributed by atoms with Gasteiger partial charge in [0.25, 0.3) is 5.56 Å². The molecule has 0 amide bonds. The van der Waals surface area contributed by atoms with Crippen LogP contribution in [0.3, 0.4) is 0 Å². The molecule has 1 aromatic heterocycles. The molecule has 0 aliphatic carbocycles. The molecule has 0 fully saturated rings. The van der Waals surface area contributed by atoms with E-state index in [9.17, 15) is 4.79 Å². The van der Waals surface area contributed by atoms with Crippen molar-refractivity contribution in [3.05, 3.63) is 70.5 Å². The van der Waals surface area contributed by atoms with E-state index in [1.54, 1.807) is 0 Å². The van der Waals surface area contributed by atoms with Crippen LogP contribution < -0.4 is 10.9 Å². The zero-order chi connectivity index (χ0) is 13.2. The molecule has 19 heavy (non-hydrogen) atoms. The molecule has 0 spiro atoms. The van der Waals surface area contributed by atoms with E-state index in [1.807, 2.05) is 61.5 Å². The van der Waals surface area contributed by atoms with Crippen molar-refractivity contribution in [3.63, 3.8) is 0 Å². The number of hydrogen-bond donors (Lipinski definition) is 2. The van der Waals surface area contributed by atoms with Gasteiger partial charge in [-0.3, -0.25) is 4.79 Å². The van der Waals surface area contributed by atoms with Crippen molar-refractivity contribution < 1.29 is 0 Å². The van der Waals surface area contributed by atoms with Gasteiger partial charge >= 0.3 is 0 Å². The number of aromatic nitrogens is 1. The van der Waals surface area contributed by atoms with Crippen molar-refractivity contribution in [1.82, 2.24) is 4.98 Å². The van der Waals surface area contributed by atoms with E-state index in [1.165, 1.54) is 0 Å². The van der Waals surface area contributed by atoms with E-state index in [0.29, 0.717) is 5.69 Å². The normalized spacial score (nSPS) is 10.6. The van der Waals surface area contributed by atoms with Gasteiger partial charge in [0.15, 0.2) is 0 Å². The predicted octanol–water partition coefficient (Wildman–Crippen LogP) is 3.58. The third-order valence-electron chi connectivity index (χ3n) is 3.16. The van der Waals surface area contributed by atoms with Gasteiger partial charge in [-0.15, -0.1) is 0 Å². The molecular formula is C16H14N2O. The molecule has 0 bridgehead atoms. The molecule has 2 N–H and O–H groups in total. The van der Waals surface area contributed by atoms with Gasteiger partial charge < -0.3 is 10.3 Å². The summed E-state index contributed by atoms with van der Waals surface area (Å²) >= 11 is 0. The molecule has 0 saturated heterocycles. The number of rotatable bonds is 2. The van der Waals surface area contributed by atoms with Gasteiger partial charge in [0, 0.05) is 16.6 Å². The Hall–Kier alpha value is -2.55. The SMILES string of the molecule is Cc1cccc2[nH]c(=O)c(Nc3ccccc3)cc12. The van der Waals surface area contributed by atoms with Gasteiger partial charge in [-0.1, -0.05) is 30.3 Å². The first-order valence-corrected chi connectivity index (χ1v) is 6.19. The molecule has 2 aromatic carbocycles. The minimum absolute atomic E-state index is 0.109. The first-order chi connectivity index (χ1) is 9.24. The number of fused-ring (bicyclic) bond motifs is 1. The van der Waals surface area contributed by atoms with Crippen LogP contribution in [0.15, 0.2) is 59.4 Å². The monoisotopic (exact) mass is 250 g/mol. The maximum Gasteiger partial charge on any atom is 0.272 e. The van der Waals surface area contributed by atoms with E-state index < -0.39 is 0 Å². The summed E-state index contributed by atoms with van der Waals surface area (Å²) in [5.41, 5.74) is 3.37. The molecule has 0 radical (unpaired) electrons. The van der Waals surface area contributed by atoms with E-state index in [4.69, 9.17) is 0 Å². The molecule has 0 aliphatic heterocycles. The molecule has 0 unspecified atom stereocenters. The lowest BCUT2D eigenvalue weighted by Crippen LogP contribution is -2.11. The lowest BCUT2D eigenvalue weighted by Gasteiger charge is -2.08. The zero-order valence-electron chi connectivity index (χ0n) is 10.6. The number of benzene rings is 2. The van der Waals surface area contributed by atoms with Crippen LogP contribution >= 0.6 is 0 Å². The van der Waals surface area contributed by atoms with Crippen molar-refractivity contribution >= 4 is 22.3 Å². The highest BCUT2D eigenvalue weighted by Crippen LogP contribution is 2.19. The molecule has 0 atom stereocenters. The highest BCUT2D eigenvalue weighted by molar-refractivity contribution is 5.85. The Morgan fingerprint density at radius 2 is 1.79 bits per heavy atom. The van der Waals surface area contributed by atoms with Crippen molar-refractivity contribution in [2.75, 3.05) is 5.32 Å². The predicted molar refractivity (Wildman–Crippen MR) is 79.0 cm³/mol. The molecule has 3 nitrogen and oxygen atoms in total. The summed E-state index contributed by atoms with van der Waals surface area (Å²) < 4.78 is 0. The number of para-hydroxylation sites is 1. The highest BCUT2D eigenvalue weighted by atomic mass is 16.1. The minimum Gasteiger partial charge on any atom is -0.351 e. The summed E-state index contributed by atoms with van der Waals surface area (Å²) in [6.45, 7) is 2.03. The molecule has 3 rings (SSSR count). The number of pyridine rings is 1. The van der Waals surface area contributed by atoms with Crippen LogP contribution in [0.4, 0.5) is 11.4 Å². The number of anilines is 2. The molecule has 3 heteroatoms. The minimum atomic E-state index is -0.109. The van der Waals surface area contributed by atoms with E-state index in [0.717, 1.165) is 22.2 Å². The maximum atomic E-state index is 12.0. The summed E-state index contributed by atoms with van der Waals surface area (Å²) in [6, 6.07) is 17.5. The third-order valence-corrected chi connectivity index (χ3v) is 3.16. The number of H-pyrrole nitrogens is 1. The Balaban J connectivity index is 2.12. The number of nitrogens with one attached hydrogen (secondary N) is 2. The first kappa shape index (κ1) is 11.5. The summed E-state index contributed by atoms with van der Waals surface area (Å²) in [5.74, 6) is 0. The average Bonchev–Trinajstić information content (AvgIpc) is 2.42. The maximum absolute atomic E-state index is 12.0. The van der Waals surface area contributed by atoms with Crippen LogP contribution in [-0.2, 0) is 0 Å². The number of aromatic amines is 1. The quantitative estimate of drug-likeness (QED) is 0.730. The fourth-order valence-corrected chi connectivity index (χ4v) is 2.15. The van der Waals surface area contributed by atoms with Gasteiger partial charge in [-0.05, 0) is 36.8 Å². The smallest absolute Gasteiger partial charge is 0.272 e. The first-order valence-electron chi connectivity index (χ1n) is 6.19. The lowest BCUT2D eigenvalue weighted by molar-refractivity contribution is 1.29. The highest BCUT2D eigenvalue weighted by Gasteiger charge is 2.04. The second kappa shape index (κ2) is 4.61. The summed E-state index contributed by atoms with van der Waals surface area (Å²) in [7, 11) is 0. The lowest BCUT2D eigenvalue weighted by atomic mass is 10.1. The van der Waals surface area contributed by atoms with E-state index >= 15 is 0 Å². The standard InChI is InChI=1S/C16H14N2O/c1-11-6-5-9-14-13(11)10-15(16(19)18-14)17-12-7-3-2-4-8-12/h2-10,17H,1H3,(H,18,19). The van der Waals surface area contributed by atoms with E-state index in [-0.39, 0.29) is 5.56 Å². The fraction of sp³-hybridized carbons (Fsp3) is 0.0625. The Labute approximate surface area is 110 Å². The molecule has 1 heterocycles. The van der Waals surface area contributed by atoms with Crippen LogP contribution in [0, 0.1) is 6.92 Å². The Bertz CT molecular complexity index is 776. The van der Waals surface area contributed by atoms with Crippen molar-refractivity contribution in [3.8, 4) is 0 Å². The van der Waals surface area contributed by atoms with Gasteiger partial charge in [-0.2, -0.15) is 0 Å². The largest absolute Gasteiger partial charge is 0.351 e. The van der Waals surface area contributed by atoms with Crippen molar-refractivity contribution in [2.45, 2.75) is 6.92 Å². The Morgan fingerprint density at radius 1 is 1.00 bits per heavy atom. The summed E-state index contributed by atoms with van der Waals surface area (Å²) in [5, 5.41) is 4.20. The van der Waals surface area contributed by atoms with Crippen molar-refractivity contribution in [2.24, 2.45) is 0 Å². The van der Waals surface area contributed by atoms with Crippen LogP contribution in [0.25, 0.3) is 10.9 Å². The van der Waals surface area contributed by atoms with Crippen LogP contribution in [0.2, 0.25) is 0 Å². The molecule has 94 valence electrons. The summed E-state index contributed by atoms with van der Waals surface area (Å²) in [4.78, 5) is 14.9. The zero-order valence-corrected chi connectivity index (χ0v) is 10.6. The Morgan fingerprint density at radius 3 is 2.58 bits per heavy atom. The van der Waals surface area contributed by atoms with Gasteiger partial charge in [0.1, 0.15) is 5.69 Å². The number of hydrogen-bond acceptors (Lipinski definition) is 2. The van der Waals surface area contributed by atoms with Crippen LogP contribution in [-0.4, -0.2) is 4.98 Å². The molecule has 0 aliphatic rings. The fourth-order valence-electron chi connectivity index (χ4n) is 2.15. The van der Waals surface area contributed by atoms with E-state index in [2.05, 4.69) is 10.3 Å². The third kappa shape index (κ3) is 2.22. The summed E-state index contributed by atoms with van der Waals surface area (Å²) in [6.07, 6.45) is 0. The average molecular weight is 250 g/mol. The van der Waals surface area contributed by atoms with Gasteiger partial charge in [-0.25, -0.2) is 0 Å². The molecule has 0 saturated carbocycles. The molecule has 3 aromatic rings. The number of aryl methyl sites for hydroxylation is 1.